The molecular formula is C64H69Cl5I4N18O4. The van der Waals surface area contributed by atoms with Crippen molar-refractivity contribution in [2.24, 2.45) is 11.7 Å². The predicted molar refractivity (Wildman–Crippen MR) is 415 cm³/mol. The Labute approximate surface area is 630 Å². The van der Waals surface area contributed by atoms with Gasteiger partial charge in [0.1, 0.15) is 24.1 Å². The van der Waals surface area contributed by atoms with Gasteiger partial charge in [-0.05, 0) is 207 Å². The highest BCUT2D eigenvalue weighted by Crippen LogP contribution is 2.28. The molecule has 3 aromatic carbocycles. The molecule has 22 nitrogen and oxygen atoms in total. The van der Waals surface area contributed by atoms with Crippen molar-refractivity contribution < 1.29 is 19.2 Å². The first-order valence-electron chi connectivity index (χ1n) is 29.2. The van der Waals surface area contributed by atoms with Gasteiger partial charge in [0, 0.05) is 156 Å². The number of H-pyrrole nitrogens is 1. The van der Waals surface area contributed by atoms with Crippen LogP contribution in [0.1, 0.15) is 34.5 Å². The van der Waals surface area contributed by atoms with E-state index in [1.807, 2.05) is 119 Å². The molecule has 10 heterocycles. The number of fused-ring (bicyclic) bond motifs is 3. The molecule has 3 aliphatic rings. The molecule has 13 rings (SSSR count). The molecule has 0 saturated carbocycles. The number of pyridine rings is 4. The van der Waals surface area contributed by atoms with Crippen LogP contribution in [0.2, 0.25) is 20.2 Å². The highest BCUT2D eigenvalue weighted by Gasteiger charge is 2.25. The van der Waals surface area contributed by atoms with Gasteiger partial charge in [-0.25, -0.2) is 24.6 Å². The molecule has 502 valence electrons. The molecule has 0 radical (unpaired) electrons. The summed E-state index contributed by atoms with van der Waals surface area (Å²) in [6.07, 6.45) is 13.0. The Hall–Kier alpha value is -5.56. The molecule has 0 atom stereocenters. The quantitative estimate of drug-likeness (QED) is 0.0303. The van der Waals surface area contributed by atoms with Crippen molar-refractivity contribution in [3.8, 4) is 0 Å². The second-order valence-corrected chi connectivity index (χ2v) is 27.8. The summed E-state index contributed by atoms with van der Waals surface area (Å²) in [7, 11) is 0. The van der Waals surface area contributed by atoms with Crippen LogP contribution in [-0.2, 0) is 27.5 Å². The number of aldehydes is 1. The zero-order valence-electron chi connectivity index (χ0n) is 51.1. The summed E-state index contributed by atoms with van der Waals surface area (Å²) < 4.78 is 7.56. The van der Waals surface area contributed by atoms with Gasteiger partial charge < -0.3 is 29.4 Å². The first-order chi connectivity index (χ1) is 45.3. The number of hydrazine groups is 1. The van der Waals surface area contributed by atoms with E-state index in [1.165, 1.54) is 3.57 Å². The monoisotopic (exact) mass is 1840 g/mol. The number of aromatic amines is 1. The minimum absolute atomic E-state index is 0. The number of benzene rings is 3. The Bertz CT molecular complexity index is 4200. The summed E-state index contributed by atoms with van der Waals surface area (Å²) >= 11 is 38.2. The van der Waals surface area contributed by atoms with Gasteiger partial charge in [-0.2, -0.15) is 15.3 Å². The summed E-state index contributed by atoms with van der Waals surface area (Å²) in [5, 5.41) is 21.1. The van der Waals surface area contributed by atoms with Crippen LogP contribution >= 0.6 is 148 Å². The molecule has 31 heteroatoms. The summed E-state index contributed by atoms with van der Waals surface area (Å²) in [5.41, 5.74) is 9.44. The van der Waals surface area contributed by atoms with Gasteiger partial charge >= 0.3 is 0 Å². The Balaban J connectivity index is 0.000000175. The van der Waals surface area contributed by atoms with E-state index in [1.54, 1.807) is 52.6 Å². The molecule has 10 aromatic rings. The molecular weight excluding hydrogens is 1770 g/mol. The first kappa shape index (κ1) is 76.8. The fourth-order valence-electron chi connectivity index (χ4n) is 10.1. The topological polar surface area (TPSA) is 256 Å². The number of nitrogens with one attached hydrogen (secondary N) is 1. The predicted octanol–water partition coefficient (Wildman–Crippen LogP) is 12.4. The van der Waals surface area contributed by atoms with E-state index in [9.17, 15) is 19.2 Å². The third kappa shape index (κ3) is 20.8. The molecule has 3 saturated heterocycles. The molecule has 95 heavy (non-hydrogen) atoms. The molecule has 0 unspecified atom stereocenters. The summed E-state index contributed by atoms with van der Waals surface area (Å²) in [5.74, 6) is 8.25. The smallest absolute Gasteiger partial charge is 0.244 e. The largest absolute Gasteiger partial charge is 0.368 e. The minimum atomic E-state index is 0. The Morgan fingerprint density at radius 2 is 0.968 bits per heavy atom. The van der Waals surface area contributed by atoms with Crippen LogP contribution < -0.4 is 26.4 Å². The van der Waals surface area contributed by atoms with E-state index in [0.717, 1.165) is 139 Å². The normalized spacial score (nSPS) is 13.6. The maximum Gasteiger partial charge on any atom is 0.244 e. The lowest BCUT2D eigenvalue weighted by atomic mass is 10.2. The van der Waals surface area contributed by atoms with E-state index >= 15 is 0 Å². The second kappa shape index (κ2) is 37.4. The van der Waals surface area contributed by atoms with Crippen molar-refractivity contribution >= 4 is 223 Å². The van der Waals surface area contributed by atoms with E-state index in [0.29, 0.717) is 43.7 Å². The number of halogens is 9. The molecule has 0 spiro atoms. The number of carbonyl (C=O) groups is 4. The van der Waals surface area contributed by atoms with E-state index < -0.39 is 0 Å². The van der Waals surface area contributed by atoms with E-state index in [-0.39, 0.29) is 49.3 Å². The fraction of sp³-hybridized carbons (Fsp3) is 0.297. The molecule has 0 aliphatic carbocycles. The van der Waals surface area contributed by atoms with Crippen molar-refractivity contribution in [1.29, 1.82) is 0 Å². The number of aryl methyl sites for hydroxylation is 3. The van der Waals surface area contributed by atoms with Crippen LogP contribution in [0.25, 0.3) is 33.1 Å². The number of nitrogens with two attached hydrogens (primary N) is 2. The maximum atomic E-state index is 12.7. The molecule has 3 fully saturated rings. The van der Waals surface area contributed by atoms with E-state index in [2.05, 4.69) is 153 Å². The first-order valence-corrected chi connectivity index (χ1v) is 35.5. The van der Waals surface area contributed by atoms with Gasteiger partial charge in [-0.1, -0.05) is 53.8 Å². The Morgan fingerprint density at radius 1 is 0.537 bits per heavy atom. The van der Waals surface area contributed by atoms with Crippen LogP contribution in [0, 0.1) is 35.1 Å². The zero-order valence-corrected chi connectivity index (χ0v) is 63.5. The van der Waals surface area contributed by atoms with Gasteiger partial charge in [0.05, 0.1) is 34.1 Å². The van der Waals surface area contributed by atoms with Gasteiger partial charge in [-0.15, -0.1) is 11.6 Å². The van der Waals surface area contributed by atoms with Crippen molar-refractivity contribution in [3.63, 3.8) is 0 Å². The van der Waals surface area contributed by atoms with Crippen LogP contribution in [0.15, 0.2) is 122 Å². The van der Waals surface area contributed by atoms with Crippen LogP contribution in [0.3, 0.4) is 0 Å². The van der Waals surface area contributed by atoms with Crippen LogP contribution in [0.4, 0.5) is 17.1 Å². The highest BCUT2D eigenvalue weighted by atomic mass is 127. The number of rotatable bonds is 9. The average Bonchev–Trinajstić information content (AvgIpc) is 2.01. The second-order valence-electron chi connectivity index (χ2n) is 21.3. The van der Waals surface area contributed by atoms with Crippen molar-refractivity contribution in [2.75, 3.05) is 99.1 Å². The van der Waals surface area contributed by atoms with E-state index in [4.69, 9.17) is 58.0 Å². The average molecular weight is 1840 g/mol. The SMILES string of the molecule is C.Cc1cc(N2CCN(C(=O)CCl)CC2)ccc1Cl.Cc1cc(N2CCN(C(=O)Cn3cc4c(I)ccnc4n3)CC2)ccc1Cl.Cc1cc(N2CCN(C(=O)Cn3ncc4c(I)ccnc43)CC2)ccc1Cl.Ic1ccnc2[nH]ncc12.NN.O=Cc1c(I)ccnc1Cl. The maximum absolute atomic E-state index is 12.7. The van der Waals surface area contributed by atoms with Gasteiger partial charge in [-0.3, -0.25) is 40.6 Å². The molecule has 3 amide bonds. The van der Waals surface area contributed by atoms with Crippen LogP contribution in [-0.4, -0.2) is 173 Å². The fourth-order valence-corrected chi connectivity index (χ4v) is 13.2. The number of carbonyl (C=O) groups excluding carboxylic acids is 4. The minimum Gasteiger partial charge on any atom is -0.368 e. The number of hydrogen-bond acceptors (Lipinski definition) is 16. The molecule has 3 aliphatic heterocycles. The molecule has 5 N–H and O–H groups in total. The lowest BCUT2D eigenvalue weighted by molar-refractivity contribution is -0.133. The third-order valence-electron chi connectivity index (χ3n) is 15.3. The number of hydrogen-bond donors (Lipinski definition) is 3. The van der Waals surface area contributed by atoms with Gasteiger partial charge in [0.15, 0.2) is 23.2 Å². The summed E-state index contributed by atoms with van der Waals surface area (Å²) in [6.45, 7) is 15.7. The number of alkyl halides is 1. The number of aromatic nitrogens is 10. The van der Waals surface area contributed by atoms with Crippen molar-refractivity contribution in [1.82, 2.24) is 64.4 Å². The lowest BCUT2D eigenvalue weighted by Crippen LogP contribution is -2.49. The van der Waals surface area contributed by atoms with Gasteiger partial charge in [0.2, 0.25) is 17.7 Å². The summed E-state index contributed by atoms with van der Waals surface area (Å²) in [4.78, 5) is 76.1. The molecule has 7 aromatic heterocycles. The number of anilines is 3. The Kier molecular flexibility index (Phi) is 30.2. The number of nitrogens with zero attached hydrogens (tertiary/aromatic N) is 15. The highest BCUT2D eigenvalue weighted by molar-refractivity contribution is 14.1. The number of piperazine rings is 3. The standard InChI is InChI=1S/2C19H19ClIN5O.C13H16Cl2N2O.C6H3ClINO.C6H4IN3.CH4.H4N2/c1-13-10-14(2-3-16(13)20)24-6-8-25(9-7-24)18(27)12-26-11-15-17(21)4-5-22-19(15)23-26;1-13-10-14(2-3-16(13)20)24-6-8-25(9-7-24)18(27)12-26-19-15(11-23-26)17(21)4-5-22-19;1-10-8-11(2-3-12(10)15)16-4-6-17(7-5-16)13(18)9-14;7-6-4(3-10)5(8)1-2-9-6;7-5-1-2-8-6-4(5)3-9-10-6;;1-2/h2*2-5,10-11H,6-9,12H2,1H3;2-3,8H,4-7,9H2,1H3;1-3H;1-3H,(H,8,9,10);1H4;1-2H2. The van der Waals surface area contributed by atoms with Crippen LogP contribution in [0.5, 0.6) is 0 Å². The zero-order chi connectivity index (χ0) is 67.6. The van der Waals surface area contributed by atoms with Crippen molar-refractivity contribution in [3.05, 3.63) is 179 Å². The molecule has 0 bridgehead atoms. The summed E-state index contributed by atoms with van der Waals surface area (Å²) in [6, 6.07) is 25.7. The van der Waals surface area contributed by atoms with Crippen molar-refractivity contribution in [2.45, 2.75) is 41.3 Å². The Morgan fingerprint density at radius 3 is 1.41 bits per heavy atom. The third-order valence-corrected chi connectivity index (χ3v) is 20.9. The number of amides is 3. The van der Waals surface area contributed by atoms with Gasteiger partial charge in [0.25, 0.3) is 0 Å². The lowest BCUT2D eigenvalue weighted by Gasteiger charge is -2.36.